The van der Waals surface area contributed by atoms with Crippen LogP contribution in [0.1, 0.15) is 16.2 Å². The molecule has 2 aromatic heterocycles. The number of aromatic amines is 1. The van der Waals surface area contributed by atoms with Gasteiger partial charge in [0, 0.05) is 37.3 Å². The molecule has 2 heterocycles. The van der Waals surface area contributed by atoms with Crippen molar-refractivity contribution in [3.8, 4) is 0 Å². The van der Waals surface area contributed by atoms with Gasteiger partial charge in [-0.15, -0.1) is 0 Å². The lowest BCUT2D eigenvalue weighted by molar-refractivity contribution is 0.0950. The molecule has 6 nitrogen and oxygen atoms in total. The summed E-state index contributed by atoms with van der Waals surface area (Å²) in [5, 5.41) is 10.1. The Bertz CT molecular complexity index is 879. The number of carbonyl (C=O) groups excluding carboxylic acids is 1. The van der Waals surface area contributed by atoms with Crippen LogP contribution in [0.5, 0.6) is 0 Å². The van der Waals surface area contributed by atoms with Gasteiger partial charge < -0.3 is 9.88 Å². The zero-order valence-corrected chi connectivity index (χ0v) is 12.2. The minimum absolute atomic E-state index is 0.238. The third kappa shape index (κ3) is 2.63. The molecular formula is C16H16N4O2. The van der Waals surface area contributed by atoms with E-state index in [9.17, 15) is 9.59 Å². The second kappa shape index (κ2) is 5.85. The highest BCUT2D eigenvalue weighted by Crippen LogP contribution is 2.12. The Balaban J connectivity index is 1.77. The summed E-state index contributed by atoms with van der Waals surface area (Å²) in [4.78, 5) is 24.0. The number of hydrogen-bond acceptors (Lipinski definition) is 3. The number of nitrogens with one attached hydrogen (secondary N) is 2. The number of hydrogen-bond donors (Lipinski definition) is 2. The minimum atomic E-state index is -0.295. The molecule has 0 saturated heterocycles. The van der Waals surface area contributed by atoms with E-state index in [1.165, 1.54) is 0 Å². The Morgan fingerprint density at radius 2 is 2.00 bits per heavy atom. The molecule has 0 atom stereocenters. The van der Waals surface area contributed by atoms with E-state index >= 15 is 0 Å². The first kappa shape index (κ1) is 14.1. The molecule has 0 spiro atoms. The van der Waals surface area contributed by atoms with E-state index in [1.807, 2.05) is 29.9 Å². The zero-order valence-electron chi connectivity index (χ0n) is 12.2. The van der Waals surface area contributed by atoms with Crippen molar-refractivity contribution < 1.29 is 4.79 Å². The van der Waals surface area contributed by atoms with Crippen molar-refractivity contribution in [2.45, 2.75) is 6.42 Å². The summed E-state index contributed by atoms with van der Waals surface area (Å²) in [5.41, 5.74) is 1.08. The Morgan fingerprint density at radius 1 is 1.23 bits per heavy atom. The predicted octanol–water partition coefficient (Wildman–Crippen LogP) is 1.23. The standard InChI is InChI=1S/C16H16N4O2/c1-20-10-4-5-11(20)8-9-17-16(22)14-12-6-2-3-7-13(12)15(21)19-18-14/h2-7,10H,8-9H2,1H3,(H,17,22)(H,19,21). The molecule has 0 radical (unpaired) electrons. The molecule has 2 N–H and O–H groups in total. The Kier molecular flexibility index (Phi) is 3.74. The lowest BCUT2D eigenvalue weighted by Gasteiger charge is -2.07. The maximum absolute atomic E-state index is 12.3. The summed E-state index contributed by atoms with van der Waals surface area (Å²) in [7, 11) is 1.97. The van der Waals surface area contributed by atoms with E-state index in [2.05, 4.69) is 15.5 Å². The Hall–Kier alpha value is -2.89. The van der Waals surface area contributed by atoms with Gasteiger partial charge in [0.15, 0.2) is 5.69 Å². The van der Waals surface area contributed by atoms with Crippen LogP contribution in [0.4, 0.5) is 0 Å². The number of aryl methyl sites for hydroxylation is 1. The van der Waals surface area contributed by atoms with Gasteiger partial charge in [-0.3, -0.25) is 9.59 Å². The van der Waals surface area contributed by atoms with Gasteiger partial charge in [-0.2, -0.15) is 5.10 Å². The zero-order chi connectivity index (χ0) is 15.5. The van der Waals surface area contributed by atoms with Crippen LogP contribution in [-0.4, -0.2) is 27.2 Å². The van der Waals surface area contributed by atoms with Gasteiger partial charge in [-0.1, -0.05) is 18.2 Å². The summed E-state index contributed by atoms with van der Waals surface area (Å²) in [6.07, 6.45) is 2.70. The van der Waals surface area contributed by atoms with Crippen molar-refractivity contribution in [1.29, 1.82) is 0 Å². The number of aromatic nitrogens is 3. The van der Waals surface area contributed by atoms with E-state index in [1.54, 1.807) is 24.3 Å². The van der Waals surface area contributed by atoms with Crippen LogP contribution < -0.4 is 10.9 Å². The molecule has 3 rings (SSSR count). The third-order valence-electron chi connectivity index (χ3n) is 3.63. The van der Waals surface area contributed by atoms with Crippen LogP contribution >= 0.6 is 0 Å². The summed E-state index contributed by atoms with van der Waals surface area (Å²) in [5.74, 6) is -0.290. The van der Waals surface area contributed by atoms with Gasteiger partial charge in [0.2, 0.25) is 0 Å². The fourth-order valence-corrected chi connectivity index (χ4v) is 2.43. The first-order valence-electron chi connectivity index (χ1n) is 7.02. The Morgan fingerprint density at radius 3 is 2.73 bits per heavy atom. The van der Waals surface area contributed by atoms with Crippen LogP contribution in [0.2, 0.25) is 0 Å². The summed E-state index contributed by atoms with van der Waals surface area (Å²) in [6, 6.07) is 10.9. The lowest BCUT2D eigenvalue weighted by atomic mass is 10.1. The van der Waals surface area contributed by atoms with Gasteiger partial charge in [0.1, 0.15) is 0 Å². The van der Waals surface area contributed by atoms with Gasteiger partial charge in [0.25, 0.3) is 11.5 Å². The molecule has 0 unspecified atom stereocenters. The first-order chi connectivity index (χ1) is 10.7. The summed E-state index contributed by atoms with van der Waals surface area (Å²) >= 11 is 0. The topological polar surface area (TPSA) is 79.8 Å². The second-order valence-corrected chi connectivity index (χ2v) is 5.06. The number of fused-ring (bicyclic) bond motifs is 1. The number of nitrogens with zero attached hydrogens (tertiary/aromatic N) is 2. The molecule has 0 saturated carbocycles. The second-order valence-electron chi connectivity index (χ2n) is 5.06. The lowest BCUT2D eigenvalue weighted by Crippen LogP contribution is -2.28. The van der Waals surface area contributed by atoms with Gasteiger partial charge in [-0.05, 0) is 18.2 Å². The SMILES string of the molecule is Cn1cccc1CCNC(=O)c1n[nH]c(=O)c2ccccc12. The highest BCUT2D eigenvalue weighted by atomic mass is 16.2. The minimum Gasteiger partial charge on any atom is -0.354 e. The largest absolute Gasteiger partial charge is 0.354 e. The smallest absolute Gasteiger partial charge is 0.272 e. The number of amides is 1. The molecule has 22 heavy (non-hydrogen) atoms. The van der Waals surface area contributed by atoms with Gasteiger partial charge in [-0.25, -0.2) is 5.10 Å². The predicted molar refractivity (Wildman–Crippen MR) is 83.8 cm³/mol. The average Bonchev–Trinajstić information content (AvgIpc) is 2.93. The van der Waals surface area contributed by atoms with E-state index in [-0.39, 0.29) is 17.2 Å². The molecule has 0 fully saturated rings. The molecule has 0 aliphatic rings. The summed E-state index contributed by atoms with van der Waals surface area (Å²) < 4.78 is 2.01. The van der Waals surface area contributed by atoms with Crippen molar-refractivity contribution in [3.63, 3.8) is 0 Å². The maximum atomic E-state index is 12.3. The van der Waals surface area contributed by atoms with Crippen LogP contribution in [-0.2, 0) is 13.5 Å². The number of rotatable bonds is 4. The van der Waals surface area contributed by atoms with Crippen molar-refractivity contribution in [3.05, 3.63) is 64.3 Å². The fourth-order valence-electron chi connectivity index (χ4n) is 2.43. The highest BCUT2D eigenvalue weighted by Gasteiger charge is 2.13. The quantitative estimate of drug-likeness (QED) is 0.760. The molecule has 0 bridgehead atoms. The molecule has 6 heteroatoms. The number of benzene rings is 1. The van der Waals surface area contributed by atoms with Crippen LogP contribution in [0.15, 0.2) is 47.4 Å². The number of H-pyrrole nitrogens is 1. The molecule has 112 valence electrons. The van der Waals surface area contributed by atoms with Crippen molar-refractivity contribution in [1.82, 2.24) is 20.1 Å². The Labute approximate surface area is 126 Å². The third-order valence-corrected chi connectivity index (χ3v) is 3.63. The van der Waals surface area contributed by atoms with Crippen LogP contribution in [0, 0.1) is 0 Å². The molecule has 0 aliphatic heterocycles. The first-order valence-corrected chi connectivity index (χ1v) is 7.02. The number of carbonyl (C=O) groups is 1. The van der Waals surface area contributed by atoms with Crippen molar-refractivity contribution >= 4 is 16.7 Å². The fraction of sp³-hybridized carbons (Fsp3) is 0.188. The molecular weight excluding hydrogens is 280 g/mol. The molecule has 1 aromatic carbocycles. The van der Waals surface area contributed by atoms with E-state index < -0.39 is 0 Å². The summed E-state index contributed by atoms with van der Waals surface area (Å²) in [6.45, 7) is 0.506. The average molecular weight is 296 g/mol. The maximum Gasteiger partial charge on any atom is 0.272 e. The van der Waals surface area contributed by atoms with Crippen molar-refractivity contribution in [2.75, 3.05) is 6.54 Å². The van der Waals surface area contributed by atoms with E-state index in [4.69, 9.17) is 0 Å². The van der Waals surface area contributed by atoms with E-state index in [0.717, 1.165) is 12.1 Å². The molecule has 3 aromatic rings. The van der Waals surface area contributed by atoms with E-state index in [0.29, 0.717) is 17.3 Å². The van der Waals surface area contributed by atoms with Crippen molar-refractivity contribution in [2.24, 2.45) is 7.05 Å². The van der Waals surface area contributed by atoms with Gasteiger partial charge in [0.05, 0.1) is 5.39 Å². The highest BCUT2D eigenvalue weighted by molar-refractivity contribution is 6.04. The van der Waals surface area contributed by atoms with Gasteiger partial charge >= 0.3 is 0 Å². The monoisotopic (exact) mass is 296 g/mol. The molecule has 0 aliphatic carbocycles. The molecule has 1 amide bonds. The van der Waals surface area contributed by atoms with Crippen LogP contribution in [0.25, 0.3) is 10.8 Å². The normalized spacial score (nSPS) is 10.8. The van der Waals surface area contributed by atoms with Crippen LogP contribution in [0.3, 0.4) is 0 Å².